The SMILES string of the molecule is COCC[C@H](Nc1nc(Nc2cc(C)[nH]n2)nc(N2C[C@@H](C)O[C@@H](C)C2)n1)c1ncc(F)cc1F. The Morgan fingerprint density at radius 2 is 1.91 bits per heavy atom. The monoisotopic (exact) mass is 489 g/mol. The number of anilines is 4. The van der Waals surface area contributed by atoms with E-state index in [2.05, 4.69) is 40.8 Å². The third kappa shape index (κ3) is 6.36. The highest BCUT2D eigenvalue weighted by Crippen LogP contribution is 2.26. The Kier molecular flexibility index (Phi) is 7.66. The molecule has 0 amide bonds. The van der Waals surface area contributed by atoms with Crippen molar-refractivity contribution < 1.29 is 18.3 Å². The molecule has 0 bridgehead atoms. The van der Waals surface area contributed by atoms with Crippen molar-refractivity contribution in [1.29, 1.82) is 0 Å². The van der Waals surface area contributed by atoms with Crippen molar-refractivity contribution in [3.8, 4) is 0 Å². The molecule has 3 aromatic rings. The first kappa shape index (κ1) is 24.7. The molecule has 188 valence electrons. The number of nitrogens with one attached hydrogen (secondary N) is 3. The van der Waals surface area contributed by atoms with Crippen LogP contribution in [0.3, 0.4) is 0 Å². The molecule has 35 heavy (non-hydrogen) atoms. The van der Waals surface area contributed by atoms with E-state index in [1.165, 1.54) is 0 Å². The van der Waals surface area contributed by atoms with Gasteiger partial charge in [-0.25, -0.2) is 8.78 Å². The molecule has 1 aliphatic rings. The average molecular weight is 490 g/mol. The molecule has 0 aliphatic carbocycles. The summed E-state index contributed by atoms with van der Waals surface area (Å²) in [5.74, 6) is -0.102. The minimum atomic E-state index is -0.769. The van der Waals surface area contributed by atoms with Gasteiger partial charge in [-0.05, 0) is 27.2 Å². The van der Waals surface area contributed by atoms with Gasteiger partial charge in [0.2, 0.25) is 17.8 Å². The van der Waals surface area contributed by atoms with E-state index in [1.54, 1.807) is 7.11 Å². The van der Waals surface area contributed by atoms with Crippen molar-refractivity contribution in [2.24, 2.45) is 0 Å². The van der Waals surface area contributed by atoms with Crippen LogP contribution in [0.2, 0.25) is 0 Å². The number of aryl methyl sites for hydroxylation is 1. The normalized spacial score (nSPS) is 19.0. The molecular formula is C22H29F2N9O2. The summed E-state index contributed by atoms with van der Waals surface area (Å²) in [6.45, 7) is 7.35. The van der Waals surface area contributed by atoms with E-state index in [0.29, 0.717) is 37.9 Å². The van der Waals surface area contributed by atoms with Crippen LogP contribution in [0.4, 0.5) is 32.4 Å². The van der Waals surface area contributed by atoms with Crippen LogP contribution in [0.15, 0.2) is 18.3 Å². The van der Waals surface area contributed by atoms with E-state index >= 15 is 0 Å². The summed E-state index contributed by atoms with van der Waals surface area (Å²) in [5, 5.41) is 13.2. The molecule has 1 fully saturated rings. The van der Waals surface area contributed by atoms with Gasteiger partial charge in [-0.2, -0.15) is 20.1 Å². The summed E-state index contributed by atoms with van der Waals surface area (Å²) in [7, 11) is 1.54. The number of halogens is 2. The number of morpholine rings is 1. The molecule has 4 heterocycles. The van der Waals surface area contributed by atoms with Gasteiger partial charge in [-0.3, -0.25) is 10.1 Å². The third-order valence-corrected chi connectivity index (χ3v) is 5.35. The molecule has 1 saturated heterocycles. The summed E-state index contributed by atoms with van der Waals surface area (Å²) < 4.78 is 39.0. The Bertz CT molecular complexity index is 1140. The molecule has 0 radical (unpaired) electrons. The number of H-pyrrole nitrogens is 1. The molecule has 11 nitrogen and oxygen atoms in total. The first-order valence-electron chi connectivity index (χ1n) is 11.3. The van der Waals surface area contributed by atoms with E-state index < -0.39 is 17.7 Å². The van der Waals surface area contributed by atoms with Gasteiger partial charge in [0.05, 0.1) is 30.1 Å². The van der Waals surface area contributed by atoms with Crippen LogP contribution in [-0.4, -0.2) is 69.1 Å². The molecule has 1 aliphatic heterocycles. The lowest BCUT2D eigenvalue weighted by Crippen LogP contribution is -2.46. The number of aromatic nitrogens is 6. The van der Waals surface area contributed by atoms with Crippen molar-refractivity contribution in [2.75, 3.05) is 42.3 Å². The topological polar surface area (TPSA) is 126 Å². The molecule has 13 heteroatoms. The lowest BCUT2D eigenvalue weighted by molar-refractivity contribution is -0.00572. The Balaban J connectivity index is 1.68. The van der Waals surface area contributed by atoms with Gasteiger partial charge in [-0.1, -0.05) is 0 Å². The maximum absolute atomic E-state index is 14.6. The smallest absolute Gasteiger partial charge is 0.235 e. The first-order chi connectivity index (χ1) is 16.8. The number of hydrogen-bond donors (Lipinski definition) is 3. The van der Waals surface area contributed by atoms with E-state index in [9.17, 15) is 8.78 Å². The molecule has 3 N–H and O–H groups in total. The summed E-state index contributed by atoms with van der Waals surface area (Å²) in [5.41, 5.74) is 0.907. The van der Waals surface area contributed by atoms with Gasteiger partial charge in [0.25, 0.3) is 0 Å². The second-order valence-corrected chi connectivity index (χ2v) is 8.51. The number of aromatic amines is 1. The fourth-order valence-electron chi connectivity index (χ4n) is 3.91. The van der Waals surface area contributed by atoms with Gasteiger partial charge < -0.3 is 25.0 Å². The van der Waals surface area contributed by atoms with Gasteiger partial charge in [0, 0.05) is 44.6 Å². The van der Waals surface area contributed by atoms with E-state index in [0.717, 1.165) is 18.0 Å². The number of rotatable bonds is 9. The third-order valence-electron chi connectivity index (χ3n) is 5.35. The number of hydrogen-bond acceptors (Lipinski definition) is 10. The molecule has 0 unspecified atom stereocenters. The fourth-order valence-corrected chi connectivity index (χ4v) is 3.91. The van der Waals surface area contributed by atoms with Crippen molar-refractivity contribution in [1.82, 2.24) is 30.1 Å². The molecule has 0 aromatic carbocycles. The first-order valence-corrected chi connectivity index (χ1v) is 11.3. The lowest BCUT2D eigenvalue weighted by Gasteiger charge is -2.35. The van der Waals surface area contributed by atoms with Crippen LogP contribution in [0.1, 0.15) is 37.7 Å². The van der Waals surface area contributed by atoms with Gasteiger partial charge in [0.1, 0.15) is 11.6 Å². The van der Waals surface area contributed by atoms with Crippen LogP contribution < -0.4 is 15.5 Å². The van der Waals surface area contributed by atoms with Crippen LogP contribution >= 0.6 is 0 Å². The summed E-state index contributed by atoms with van der Waals surface area (Å²) in [6, 6.07) is 1.94. The predicted molar refractivity (Wildman–Crippen MR) is 126 cm³/mol. The Hall–Kier alpha value is -3.45. The number of ether oxygens (including phenoxy) is 2. The second kappa shape index (κ2) is 10.9. The number of nitrogens with zero attached hydrogens (tertiary/aromatic N) is 6. The van der Waals surface area contributed by atoms with E-state index in [-0.39, 0.29) is 29.8 Å². The number of methoxy groups -OCH3 is 1. The van der Waals surface area contributed by atoms with Crippen molar-refractivity contribution in [2.45, 2.75) is 45.4 Å². The highest BCUT2D eigenvalue weighted by Gasteiger charge is 2.26. The minimum Gasteiger partial charge on any atom is -0.385 e. The average Bonchev–Trinajstić information content (AvgIpc) is 3.20. The van der Waals surface area contributed by atoms with Crippen molar-refractivity contribution in [3.05, 3.63) is 41.4 Å². The standard InChI is InChI=1S/C22H29F2N9O2/c1-12-7-18(32-31-12)27-21-28-20(29-22(30-21)33-10-13(2)35-14(3)11-33)26-17(5-6-34-4)19-16(24)8-15(23)9-25-19/h7-9,13-14,17H,5-6,10-11H2,1-4H3,(H3,26,27,28,29,30,31,32)/t13-,14+,17-/m0/s1. The zero-order chi connectivity index (χ0) is 24.9. The quantitative estimate of drug-likeness (QED) is 0.413. The Morgan fingerprint density at radius 3 is 2.57 bits per heavy atom. The molecule has 3 atom stereocenters. The highest BCUT2D eigenvalue weighted by atomic mass is 19.1. The molecule has 0 saturated carbocycles. The maximum atomic E-state index is 14.6. The molecule has 3 aromatic heterocycles. The van der Waals surface area contributed by atoms with Gasteiger partial charge in [0.15, 0.2) is 5.82 Å². The van der Waals surface area contributed by atoms with Gasteiger partial charge in [-0.15, -0.1) is 0 Å². The lowest BCUT2D eigenvalue weighted by atomic mass is 10.1. The highest BCUT2D eigenvalue weighted by molar-refractivity contribution is 5.53. The fraction of sp³-hybridized carbons (Fsp3) is 0.500. The Labute approximate surface area is 201 Å². The van der Waals surface area contributed by atoms with Gasteiger partial charge >= 0.3 is 0 Å². The largest absolute Gasteiger partial charge is 0.385 e. The van der Waals surface area contributed by atoms with E-state index in [1.807, 2.05) is 31.7 Å². The predicted octanol–water partition coefficient (Wildman–Crippen LogP) is 3.12. The Morgan fingerprint density at radius 1 is 1.17 bits per heavy atom. The zero-order valence-electron chi connectivity index (χ0n) is 20.0. The summed E-state index contributed by atoms with van der Waals surface area (Å²) >= 11 is 0. The van der Waals surface area contributed by atoms with Crippen LogP contribution in [0.25, 0.3) is 0 Å². The minimum absolute atomic E-state index is 0.00992. The summed E-state index contributed by atoms with van der Waals surface area (Å²) in [4.78, 5) is 19.6. The van der Waals surface area contributed by atoms with Crippen LogP contribution in [-0.2, 0) is 9.47 Å². The summed E-state index contributed by atoms with van der Waals surface area (Å²) in [6.07, 6.45) is 1.30. The second-order valence-electron chi connectivity index (χ2n) is 8.51. The van der Waals surface area contributed by atoms with Crippen molar-refractivity contribution in [3.63, 3.8) is 0 Å². The number of pyridine rings is 1. The van der Waals surface area contributed by atoms with Crippen molar-refractivity contribution >= 4 is 23.7 Å². The molecular weight excluding hydrogens is 460 g/mol. The van der Waals surface area contributed by atoms with Crippen LogP contribution in [0.5, 0.6) is 0 Å². The zero-order valence-corrected chi connectivity index (χ0v) is 20.0. The molecule has 0 spiro atoms. The van der Waals surface area contributed by atoms with Crippen LogP contribution in [0, 0.1) is 18.6 Å². The van der Waals surface area contributed by atoms with E-state index in [4.69, 9.17) is 9.47 Å². The maximum Gasteiger partial charge on any atom is 0.235 e. The molecule has 4 rings (SSSR count).